The molecule has 3 amide bonds. The lowest BCUT2D eigenvalue weighted by Gasteiger charge is -2.38. The Labute approximate surface area is 144 Å². The van der Waals surface area contributed by atoms with Crippen molar-refractivity contribution in [1.29, 1.82) is 0 Å². The van der Waals surface area contributed by atoms with Crippen LogP contribution in [0.3, 0.4) is 0 Å². The Morgan fingerprint density at radius 2 is 2.00 bits per heavy atom. The number of anilines is 1. The number of pyridine rings is 1. The molecule has 2 aromatic heterocycles. The fourth-order valence-corrected chi connectivity index (χ4v) is 3.41. The monoisotopic (exact) mass is 338 g/mol. The van der Waals surface area contributed by atoms with Crippen LogP contribution in [0.2, 0.25) is 0 Å². The molecule has 2 aliphatic heterocycles. The minimum atomic E-state index is -0.870. The molecule has 1 unspecified atom stereocenters. The van der Waals surface area contributed by atoms with E-state index in [1.165, 1.54) is 0 Å². The topological polar surface area (TPSA) is 100 Å². The second kappa shape index (κ2) is 5.80. The number of amides is 3. The maximum atomic E-state index is 12.2. The Balaban J connectivity index is 1.67. The third-order valence-corrected chi connectivity index (χ3v) is 4.61. The summed E-state index contributed by atoms with van der Waals surface area (Å²) in [6.07, 6.45) is 4.83. The Bertz CT molecular complexity index is 840. The molecule has 1 spiro atoms. The largest absolute Gasteiger partial charge is 0.354 e. The molecule has 8 nitrogen and oxygen atoms in total. The maximum Gasteiger partial charge on any atom is 0.322 e. The summed E-state index contributed by atoms with van der Waals surface area (Å²) < 4.78 is 0. The van der Waals surface area contributed by atoms with Crippen LogP contribution in [0, 0.1) is 6.92 Å². The minimum absolute atomic E-state index is 0.262. The van der Waals surface area contributed by atoms with E-state index < -0.39 is 11.6 Å². The summed E-state index contributed by atoms with van der Waals surface area (Å²) in [5.41, 5.74) is 0.861. The highest BCUT2D eigenvalue weighted by Crippen LogP contribution is 2.28. The minimum Gasteiger partial charge on any atom is -0.354 e. The average Bonchev–Trinajstić information content (AvgIpc) is 2.88. The highest BCUT2D eigenvalue weighted by atomic mass is 16.2. The van der Waals surface area contributed by atoms with Gasteiger partial charge in [-0.05, 0) is 31.9 Å². The summed E-state index contributed by atoms with van der Waals surface area (Å²) in [4.78, 5) is 39.0. The standard InChI is InChI=1S/C17H18N6O2/c1-11-9-13(20-14(19-11)12-3-6-18-7-4-12)23-8-2-5-17(10-23)15(24)21-16(25)22-17/h3-4,6-7,9H,2,5,8,10H2,1H3,(H2,21,22,24,25). The van der Waals surface area contributed by atoms with Crippen molar-refractivity contribution in [2.75, 3.05) is 18.0 Å². The van der Waals surface area contributed by atoms with Crippen molar-refractivity contribution in [3.05, 3.63) is 36.3 Å². The van der Waals surface area contributed by atoms with Gasteiger partial charge in [0.2, 0.25) is 0 Å². The predicted molar refractivity (Wildman–Crippen MR) is 90.9 cm³/mol. The van der Waals surface area contributed by atoms with E-state index in [1.807, 2.05) is 30.0 Å². The molecule has 25 heavy (non-hydrogen) atoms. The lowest BCUT2D eigenvalue weighted by atomic mass is 9.89. The quantitative estimate of drug-likeness (QED) is 0.793. The smallest absolute Gasteiger partial charge is 0.322 e. The molecule has 2 aromatic rings. The van der Waals surface area contributed by atoms with Gasteiger partial charge in [0.25, 0.3) is 5.91 Å². The predicted octanol–water partition coefficient (Wildman–Crippen LogP) is 1.03. The van der Waals surface area contributed by atoms with E-state index in [0.717, 1.165) is 30.0 Å². The summed E-state index contributed by atoms with van der Waals surface area (Å²) >= 11 is 0. The molecule has 1 atom stereocenters. The molecule has 2 fully saturated rings. The second-order valence-corrected chi connectivity index (χ2v) is 6.44. The summed E-state index contributed by atoms with van der Waals surface area (Å²) in [6, 6.07) is 5.20. The van der Waals surface area contributed by atoms with Crippen LogP contribution in [-0.4, -0.2) is 45.5 Å². The number of hydrogen-bond donors (Lipinski definition) is 2. The van der Waals surface area contributed by atoms with Crippen molar-refractivity contribution >= 4 is 17.8 Å². The van der Waals surface area contributed by atoms with Gasteiger partial charge in [0.1, 0.15) is 11.4 Å². The van der Waals surface area contributed by atoms with E-state index in [0.29, 0.717) is 18.8 Å². The number of imide groups is 1. The zero-order valence-electron chi connectivity index (χ0n) is 13.8. The van der Waals surface area contributed by atoms with Crippen LogP contribution in [0.15, 0.2) is 30.6 Å². The fourth-order valence-electron chi connectivity index (χ4n) is 3.41. The lowest BCUT2D eigenvalue weighted by molar-refractivity contribution is -0.124. The first-order chi connectivity index (χ1) is 12.1. The second-order valence-electron chi connectivity index (χ2n) is 6.44. The van der Waals surface area contributed by atoms with Crippen LogP contribution in [0.25, 0.3) is 11.4 Å². The highest BCUT2D eigenvalue weighted by Gasteiger charge is 2.48. The summed E-state index contributed by atoms with van der Waals surface area (Å²) in [6.45, 7) is 3.09. The Hall–Kier alpha value is -3.03. The molecule has 8 heteroatoms. The van der Waals surface area contributed by atoms with E-state index in [1.54, 1.807) is 12.4 Å². The normalized spacial score (nSPS) is 22.8. The van der Waals surface area contributed by atoms with Gasteiger partial charge < -0.3 is 10.2 Å². The van der Waals surface area contributed by atoms with E-state index in [-0.39, 0.29) is 5.91 Å². The van der Waals surface area contributed by atoms with Crippen molar-refractivity contribution in [1.82, 2.24) is 25.6 Å². The van der Waals surface area contributed by atoms with E-state index >= 15 is 0 Å². The molecule has 128 valence electrons. The molecule has 4 rings (SSSR count). The number of nitrogens with one attached hydrogen (secondary N) is 2. The first-order valence-electron chi connectivity index (χ1n) is 8.20. The third kappa shape index (κ3) is 2.79. The molecule has 0 aliphatic carbocycles. The Kier molecular flexibility index (Phi) is 3.60. The Morgan fingerprint density at radius 1 is 1.20 bits per heavy atom. The molecule has 2 saturated heterocycles. The van der Waals surface area contributed by atoms with Gasteiger partial charge >= 0.3 is 6.03 Å². The number of hydrogen-bond acceptors (Lipinski definition) is 6. The summed E-state index contributed by atoms with van der Waals surface area (Å²) in [5.74, 6) is 1.12. The first kappa shape index (κ1) is 15.5. The van der Waals surface area contributed by atoms with Crippen LogP contribution in [0.5, 0.6) is 0 Å². The molecule has 2 aliphatic rings. The van der Waals surface area contributed by atoms with Crippen molar-refractivity contribution in [2.24, 2.45) is 0 Å². The number of carbonyl (C=O) groups excluding carboxylic acids is 2. The number of aromatic nitrogens is 3. The zero-order valence-corrected chi connectivity index (χ0v) is 13.8. The molecule has 4 heterocycles. The van der Waals surface area contributed by atoms with Gasteiger partial charge in [0.15, 0.2) is 5.82 Å². The molecule has 0 saturated carbocycles. The van der Waals surface area contributed by atoms with Gasteiger partial charge in [-0.25, -0.2) is 14.8 Å². The molecule has 0 bridgehead atoms. The van der Waals surface area contributed by atoms with E-state index in [4.69, 9.17) is 0 Å². The molecule has 0 radical (unpaired) electrons. The lowest BCUT2D eigenvalue weighted by Crippen LogP contribution is -2.58. The van der Waals surface area contributed by atoms with Crippen LogP contribution in [-0.2, 0) is 4.79 Å². The number of urea groups is 1. The van der Waals surface area contributed by atoms with Gasteiger partial charge in [0.05, 0.1) is 6.54 Å². The molecule has 0 aromatic carbocycles. The van der Waals surface area contributed by atoms with Crippen molar-refractivity contribution in [3.8, 4) is 11.4 Å². The van der Waals surface area contributed by atoms with Gasteiger partial charge in [-0.2, -0.15) is 0 Å². The molecular weight excluding hydrogens is 320 g/mol. The number of carbonyl (C=O) groups is 2. The SMILES string of the molecule is Cc1cc(N2CCCC3(C2)NC(=O)NC3=O)nc(-c2ccncc2)n1. The van der Waals surface area contributed by atoms with E-state index in [9.17, 15) is 9.59 Å². The van der Waals surface area contributed by atoms with E-state index in [2.05, 4.69) is 25.6 Å². The van der Waals surface area contributed by atoms with Crippen molar-refractivity contribution < 1.29 is 9.59 Å². The van der Waals surface area contributed by atoms with Gasteiger partial charge in [-0.3, -0.25) is 15.1 Å². The highest BCUT2D eigenvalue weighted by molar-refractivity contribution is 6.07. The van der Waals surface area contributed by atoms with Crippen LogP contribution in [0.1, 0.15) is 18.5 Å². The van der Waals surface area contributed by atoms with Gasteiger partial charge in [0, 0.05) is 36.3 Å². The molecule has 2 N–H and O–H groups in total. The fraction of sp³-hybridized carbons (Fsp3) is 0.353. The zero-order chi connectivity index (χ0) is 17.4. The summed E-state index contributed by atoms with van der Waals surface area (Å²) in [5, 5.41) is 5.13. The number of piperidine rings is 1. The van der Waals surface area contributed by atoms with Crippen LogP contribution < -0.4 is 15.5 Å². The maximum absolute atomic E-state index is 12.2. The summed E-state index contributed by atoms with van der Waals surface area (Å²) in [7, 11) is 0. The number of nitrogens with zero attached hydrogens (tertiary/aromatic N) is 4. The van der Waals surface area contributed by atoms with Crippen LogP contribution >= 0.6 is 0 Å². The van der Waals surface area contributed by atoms with Gasteiger partial charge in [-0.15, -0.1) is 0 Å². The van der Waals surface area contributed by atoms with Gasteiger partial charge in [-0.1, -0.05) is 0 Å². The van der Waals surface area contributed by atoms with Crippen molar-refractivity contribution in [3.63, 3.8) is 0 Å². The first-order valence-corrected chi connectivity index (χ1v) is 8.20. The molecular formula is C17H18N6O2. The average molecular weight is 338 g/mol. The third-order valence-electron chi connectivity index (χ3n) is 4.61. The number of rotatable bonds is 2. The van der Waals surface area contributed by atoms with Crippen molar-refractivity contribution in [2.45, 2.75) is 25.3 Å². The number of aryl methyl sites for hydroxylation is 1. The Morgan fingerprint density at radius 3 is 2.72 bits per heavy atom. The van der Waals surface area contributed by atoms with Crippen LogP contribution in [0.4, 0.5) is 10.6 Å².